The monoisotopic (exact) mass is 587 g/mol. The molecule has 1 N–H and O–H groups in total. The molecule has 7 atom stereocenters. The molecule has 0 bridgehead atoms. The van der Waals surface area contributed by atoms with Gasteiger partial charge in [-0.15, -0.1) is 0 Å². The summed E-state index contributed by atoms with van der Waals surface area (Å²) in [6.45, 7) is 4.36. The zero-order chi connectivity index (χ0) is 29.3. The minimum atomic E-state index is -1.25. The molecule has 5 aliphatic carbocycles. The number of hydrogen-bond acceptors (Lipinski definition) is 7. The standard InChI is InChI=1S/C35H41NO5S/c1-33-16-14-24(37)18-23(33)11-12-25-26-15-17-35(41-32(40)22-7-5-8-22,34(26,2)19-28(38)31(25)33)29(39)20-42-30-13-10-21-6-3-4-9-27(21)36-30/h3-4,6,9-10,13,18,22,25-26,28,31,38H,5,7-8,11-12,14-17,19-20H2,1-2H3/t25?,26?,28-,31?,33?,34?,35-/m0/s1. The molecule has 42 heavy (non-hydrogen) atoms. The number of aromatic nitrogens is 1. The molecule has 0 aliphatic heterocycles. The van der Waals surface area contributed by atoms with Crippen molar-refractivity contribution in [1.29, 1.82) is 0 Å². The molecule has 7 heteroatoms. The fraction of sp³-hybridized carbons (Fsp3) is 0.600. The van der Waals surface area contributed by atoms with Crippen molar-refractivity contribution < 1.29 is 24.2 Å². The molecular formula is C35H41NO5S. The SMILES string of the molecule is CC12CCC(=O)C=C1CCC1C2[C@@H](O)CC2(C)C1CC[C@]2(OC(=O)C1CCC1)C(=O)CSc1ccc2ccccc2n1. The van der Waals surface area contributed by atoms with Crippen molar-refractivity contribution in [2.75, 3.05) is 5.75 Å². The minimum Gasteiger partial charge on any atom is -0.450 e. The van der Waals surface area contributed by atoms with Crippen LogP contribution in [0.1, 0.15) is 78.1 Å². The molecule has 7 rings (SSSR count). The molecule has 0 radical (unpaired) electrons. The maximum absolute atomic E-state index is 14.5. The zero-order valence-electron chi connectivity index (χ0n) is 24.6. The Hall–Kier alpha value is -2.51. The smallest absolute Gasteiger partial charge is 0.309 e. The number of nitrogens with zero attached hydrogens (tertiary/aromatic N) is 1. The first kappa shape index (κ1) is 28.3. The van der Waals surface area contributed by atoms with Crippen LogP contribution < -0.4 is 0 Å². The number of hydrogen-bond donors (Lipinski definition) is 1. The lowest BCUT2D eigenvalue weighted by Crippen LogP contribution is -2.63. The number of para-hydroxylation sites is 1. The summed E-state index contributed by atoms with van der Waals surface area (Å²) in [6.07, 6.45) is 8.67. The summed E-state index contributed by atoms with van der Waals surface area (Å²) in [5, 5.41) is 13.8. The van der Waals surface area contributed by atoms with Gasteiger partial charge in [-0.3, -0.25) is 14.4 Å². The molecular weight excluding hydrogens is 546 g/mol. The van der Waals surface area contributed by atoms with Crippen molar-refractivity contribution in [3.8, 4) is 0 Å². The second-order valence-electron chi connectivity index (χ2n) is 14.0. The molecule has 6 nitrogen and oxygen atoms in total. The highest BCUT2D eigenvalue weighted by atomic mass is 32.2. The van der Waals surface area contributed by atoms with Gasteiger partial charge in [0.25, 0.3) is 0 Å². The lowest BCUT2D eigenvalue weighted by atomic mass is 9.45. The average Bonchev–Trinajstić information content (AvgIpc) is 3.22. The van der Waals surface area contributed by atoms with Crippen LogP contribution in [0.2, 0.25) is 0 Å². The minimum absolute atomic E-state index is 0.0492. The first-order chi connectivity index (χ1) is 20.1. The van der Waals surface area contributed by atoms with E-state index in [-0.39, 0.29) is 52.4 Å². The quantitative estimate of drug-likeness (QED) is 0.305. The van der Waals surface area contributed by atoms with E-state index in [9.17, 15) is 19.5 Å². The summed E-state index contributed by atoms with van der Waals surface area (Å²) >= 11 is 1.41. The average molecular weight is 588 g/mol. The Balaban J connectivity index is 1.20. The fourth-order valence-electron chi connectivity index (χ4n) is 9.64. The molecule has 222 valence electrons. The van der Waals surface area contributed by atoms with E-state index in [1.165, 1.54) is 17.3 Å². The number of aliphatic hydroxyl groups excluding tert-OH is 1. The number of fused-ring (bicyclic) bond motifs is 6. The topological polar surface area (TPSA) is 93.6 Å². The molecule has 4 saturated carbocycles. The van der Waals surface area contributed by atoms with Crippen LogP contribution in [0.5, 0.6) is 0 Å². The van der Waals surface area contributed by atoms with Crippen LogP contribution >= 0.6 is 11.8 Å². The third-order valence-electron chi connectivity index (χ3n) is 12.1. The first-order valence-corrected chi connectivity index (χ1v) is 16.8. The van der Waals surface area contributed by atoms with Crippen LogP contribution in [0.3, 0.4) is 0 Å². The second kappa shape index (κ2) is 10.3. The number of ketones is 2. The Labute approximate surface area is 252 Å². The number of pyridine rings is 1. The van der Waals surface area contributed by atoms with E-state index in [1.54, 1.807) is 0 Å². The molecule has 1 aromatic carbocycles. The Bertz CT molecular complexity index is 1480. The first-order valence-electron chi connectivity index (χ1n) is 15.8. The number of thioether (sulfide) groups is 1. The number of Topliss-reactive ketones (excluding diaryl/α,β-unsaturated/α-hetero) is 1. The van der Waals surface area contributed by atoms with Crippen LogP contribution in [0, 0.1) is 34.5 Å². The van der Waals surface area contributed by atoms with Gasteiger partial charge in [0.2, 0.25) is 0 Å². The number of carbonyl (C=O) groups is 3. The molecule has 5 unspecified atom stereocenters. The van der Waals surface area contributed by atoms with E-state index in [0.29, 0.717) is 19.3 Å². The molecule has 4 fully saturated rings. The van der Waals surface area contributed by atoms with Crippen LogP contribution in [-0.2, 0) is 19.1 Å². The van der Waals surface area contributed by atoms with E-state index >= 15 is 0 Å². The number of benzene rings is 1. The lowest BCUT2D eigenvalue weighted by Gasteiger charge is -2.60. The normalized spacial score (nSPS) is 37.7. The largest absolute Gasteiger partial charge is 0.450 e. The maximum atomic E-state index is 14.5. The Kier molecular flexibility index (Phi) is 6.93. The van der Waals surface area contributed by atoms with Crippen molar-refractivity contribution >= 4 is 40.2 Å². The number of aliphatic hydroxyl groups is 1. The highest BCUT2D eigenvalue weighted by Gasteiger charge is 2.70. The molecule has 5 aliphatic rings. The van der Waals surface area contributed by atoms with Gasteiger partial charge in [-0.2, -0.15) is 0 Å². The molecule has 0 amide bonds. The van der Waals surface area contributed by atoms with Crippen LogP contribution in [-0.4, -0.2) is 45.1 Å². The van der Waals surface area contributed by atoms with Gasteiger partial charge in [0.05, 0.1) is 28.3 Å². The Morgan fingerprint density at radius 1 is 1.05 bits per heavy atom. The van der Waals surface area contributed by atoms with Gasteiger partial charge in [0.1, 0.15) is 0 Å². The fourth-order valence-corrected chi connectivity index (χ4v) is 10.5. The Morgan fingerprint density at radius 2 is 1.86 bits per heavy atom. The zero-order valence-corrected chi connectivity index (χ0v) is 25.5. The van der Waals surface area contributed by atoms with Gasteiger partial charge in [-0.1, -0.05) is 61.9 Å². The van der Waals surface area contributed by atoms with Gasteiger partial charge in [-0.05, 0) is 92.7 Å². The van der Waals surface area contributed by atoms with Crippen LogP contribution in [0.4, 0.5) is 0 Å². The summed E-state index contributed by atoms with van der Waals surface area (Å²) in [5.41, 5.74) is -0.0197. The number of rotatable bonds is 6. The number of esters is 1. The van der Waals surface area contributed by atoms with E-state index in [0.717, 1.165) is 60.9 Å². The second-order valence-corrected chi connectivity index (χ2v) is 15.0. The highest BCUT2D eigenvalue weighted by Crippen LogP contribution is 2.68. The molecule has 1 heterocycles. The van der Waals surface area contributed by atoms with Crippen molar-refractivity contribution in [2.24, 2.45) is 34.5 Å². The third-order valence-corrected chi connectivity index (χ3v) is 13.0. The van der Waals surface area contributed by atoms with Gasteiger partial charge in [-0.25, -0.2) is 4.98 Å². The van der Waals surface area contributed by atoms with Crippen molar-refractivity contribution in [2.45, 2.75) is 94.8 Å². The van der Waals surface area contributed by atoms with E-state index in [4.69, 9.17) is 9.72 Å². The van der Waals surface area contributed by atoms with E-state index in [2.05, 4.69) is 13.8 Å². The van der Waals surface area contributed by atoms with Crippen molar-refractivity contribution in [1.82, 2.24) is 4.98 Å². The van der Waals surface area contributed by atoms with Crippen molar-refractivity contribution in [3.63, 3.8) is 0 Å². The van der Waals surface area contributed by atoms with Crippen LogP contribution in [0.15, 0.2) is 53.1 Å². The number of carbonyl (C=O) groups excluding carboxylic acids is 3. The summed E-state index contributed by atoms with van der Waals surface area (Å²) in [6, 6.07) is 11.9. The summed E-state index contributed by atoms with van der Waals surface area (Å²) in [5.74, 6) is 0.378. The molecule has 2 aromatic rings. The maximum Gasteiger partial charge on any atom is 0.309 e. The van der Waals surface area contributed by atoms with Gasteiger partial charge >= 0.3 is 5.97 Å². The third kappa shape index (κ3) is 4.24. The number of ether oxygens (including phenoxy) is 1. The molecule has 0 saturated heterocycles. The Morgan fingerprint density at radius 3 is 2.64 bits per heavy atom. The van der Waals surface area contributed by atoms with Crippen molar-refractivity contribution in [3.05, 3.63) is 48.0 Å². The van der Waals surface area contributed by atoms with Gasteiger partial charge in [0.15, 0.2) is 17.2 Å². The van der Waals surface area contributed by atoms with E-state index < -0.39 is 17.1 Å². The van der Waals surface area contributed by atoms with E-state index in [1.807, 2.05) is 42.5 Å². The highest BCUT2D eigenvalue weighted by molar-refractivity contribution is 7.99. The molecule has 1 aromatic heterocycles. The molecule has 0 spiro atoms. The summed E-state index contributed by atoms with van der Waals surface area (Å²) in [4.78, 5) is 45.0. The lowest BCUT2D eigenvalue weighted by molar-refractivity contribution is -0.204. The number of allylic oxidation sites excluding steroid dienone is 1. The predicted octanol–water partition coefficient (Wildman–Crippen LogP) is 6.48. The van der Waals surface area contributed by atoms with Gasteiger partial charge in [0, 0.05) is 17.2 Å². The van der Waals surface area contributed by atoms with Crippen LogP contribution in [0.25, 0.3) is 10.9 Å². The summed E-state index contributed by atoms with van der Waals surface area (Å²) < 4.78 is 6.48. The summed E-state index contributed by atoms with van der Waals surface area (Å²) in [7, 11) is 0. The predicted molar refractivity (Wildman–Crippen MR) is 162 cm³/mol. The van der Waals surface area contributed by atoms with Gasteiger partial charge < -0.3 is 9.84 Å².